The minimum atomic E-state index is -3.91. The Balaban J connectivity index is 2.08. The molecule has 0 aliphatic heterocycles. The zero-order valence-electron chi connectivity index (χ0n) is 16.1. The van der Waals surface area contributed by atoms with Crippen LogP contribution in [0, 0.1) is 5.82 Å². The Hall–Kier alpha value is -2.65. The van der Waals surface area contributed by atoms with Gasteiger partial charge in [-0.05, 0) is 36.8 Å². The van der Waals surface area contributed by atoms with Gasteiger partial charge in [0.25, 0.3) is 0 Å². The molecule has 2 rings (SSSR count). The molecule has 7 nitrogen and oxygen atoms in total. The first-order valence-electron chi connectivity index (χ1n) is 8.42. The van der Waals surface area contributed by atoms with Crippen LogP contribution in [-0.4, -0.2) is 46.4 Å². The fourth-order valence-corrected chi connectivity index (χ4v) is 3.71. The van der Waals surface area contributed by atoms with Gasteiger partial charge in [0.2, 0.25) is 15.9 Å². The first kappa shape index (κ1) is 21.6. The van der Waals surface area contributed by atoms with E-state index in [0.717, 1.165) is 4.31 Å². The van der Waals surface area contributed by atoms with E-state index in [-0.39, 0.29) is 23.0 Å². The third kappa shape index (κ3) is 4.99. The first-order valence-corrected chi connectivity index (χ1v) is 9.86. The second kappa shape index (κ2) is 9.03. The summed E-state index contributed by atoms with van der Waals surface area (Å²) in [5.74, 6) is -0.187. The van der Waals surface area contributed by atoms with Crippen molar-refractivity contribution in [2.75, 3.05) is 27.8 Å². The van der Waals surface area contributed by atoms with Gasteiger partial charge in [0.15, 0.2) is 11.5 Å². The van der Waals surface area contributed by atoms with E-state index in [1.807, 2.05) is 0 Å². The molecule has 2 aromatic rings. The lowest BCUT2D eigenvalue weighted by molar-refractivity contribution is -0.121. The summed E-state index contributed by atoms with van der Waals surface area (Å²) in [6.45, 7) is 1.36. The molecule has 0 bridgehead atoms. The number of carbonyl (C=O) groups excluding carboxylic acids is 1. The van der Waals surface area contributed by atoms with Crippen molar-refractivity contribution < 1.29 is 27.1 Å². The smallest absolute Gasteiger partial charge is 0.243 e. The Morgan fingerprint density at radius 3 is 2.29 bits per heavy atom. The highest BCUT2D eigenvalue weighted by molar-refractivity contribution is 7.89. The molecular formula is C19H23FN2O5S. The molecule has 0 radical (unpaired) electrons. The number of halogens is 1. The standard InChI is InChI=1S/C19H23FN2O5S/c1-13(14-5-7-15(20)8-6-14)21-19(23)12-22(2)28(24,25)16-9-10-17(26-3)18(11-16)27-4/h5-11,13H,12H2,1-4H3,(H,21,23)/t13-/m0/s1. The van der Waals surface area contributed by atoms with Gasteiger partial charge in [0.1, 0.15) is 5.82 Å². The molecular weight excluding hydrogens is 387 g/mol. The molecule has 9 heteroatoms. The SMILES string of the molecule is COc1ccc(S(=O)(=O)N(C)CC(=O)N[C@@H](C)c2ccc(F)cc2)cc1OC. The second-order valence-electron chi connectivity index (χ2n) is 6.12. The fourth-order valence-electron chi connectivity index (χ4n) is 2.57. The van der Waals surface area contributed by atoms with Crippen molar-refractivity contribution in [3.63, 3.8) is 0 Å². The maximum Gasteiger partial charge on any atom is 0.243 e. The molecule has 1 amide bonds. The number of ether oxygens (including phenoxy) is 2. The highest BCUT2D eigenvalue weighted by atomic mass is 32.2. The molecule has 0 saturated carbocycles. The molecule has 0 spiro atoms. The average molecular weight is 410 g/mol. The summed E-state index contributed by atoms with van der Waals surface area (Å²) in [7, 11) is 0.258. The summed E-state index contributed by atoms with van der Waals surface area (Å²) in [5.41, 5.74) is 0.708. The largest absolute Gasteiger partial charge is 0.493 e. The van der Waals surface area contributed by atoms with E-state index in [1.165, 1.54) is 51.6 Å². The molecule has 1 N–H and O–H groups in total. The molecule has 0 fully saturated rings. The Labute approximate surface area is 164 Å². The van der Waals surface area contributed by atoms with Crippen LogP contribution in [-0.2, 0) is 14.8 Å². The number of nitrogens with one attached hydrogen (secondary N) is 1. The molecule has 0 aliphatic carbocycles. The number of likely N-dealkylation sites (N-methyl/N-ethyl adjacent to an activating group) is 1. The summed E-state index contributed by atoms with van der Waals surface area (Å²) in [5, 5.41) is 2.70. The van der Waals surface area contributed by atoms with Crippen molar-refractivity contribution in [2.45, 2.75) is 17.9 Å². The lowest BCUT2D eigenvalue weighted by atomic mass is 10.1. The summed E-state index contributed by atoms with van der Waals surface area (Å²) in [6.07, 6.45) is 0. The van der Waals surface area contributed by atoms with Crippen LogP contribution >= 0.6 is 0 Å². The normalized spacial score (nSPS) is 12.5. The van der Waals surface area contributed by atoms with E-state index >= 15 is 0 Å². The van der Waals surface area contributed by atoms with Gasteiger partial charge in [-0.25, -0.2) is 12.8 Å². The maximum atomic E-state index is 13.0. The van der Waals surface area contributed by atoms with Crippen LogP contribution in [0.25, 0.3) is 0 Å². The molecule has 152 valence electrons. The van der Waals surface area contributed by atoms with Gasteiger partial charge in [0, 0.05) is 13.1 Å². The van der Waals surface area contributed by atoms with Crippen LogP contribution in [0.5, 0.6) is 11.5 Å². The fraction of sp³-hybridized carbons (Fsp3) is 0.316. The molecule has 0 aliphatic rings. The Morgan fingerprint density at radius 2 is 1.71 bits per heavy atom. The van der Waals surface area contributed by atoms with Crippen molar-refractivity contribution in [2.24, 2.45) is 0 Å². The molecule has 28 heavy (non-hydrogen) atoms. The lowest BCUT2D eigenvalue weighted by Crippen LogP contribution is -2.39. The zero-order chi connectivity index (χ0) is 20.9. The third-order valence-electron chi connectivity index (χ3n) is 4.18. The van der Waals surface area contributed by atoms with Gasteiger partial charge in [-0.2, -0.15) is 4.31 Å². The van der Waals surface area contributed by atoms with Crippen molar-refractivity contribution in [1.29, 1.82) is 0 Å². The van der Waals surface area contributed by atoms with E-state index in [1.54, 1.807) is 19.1 Å². The van der Waals surface area contributed by atoms with Crippen LogP contribution in [0.1, 0.15) is 18.5 Å². The predicted molar refractivity (Wildman–Crippen MR) is 102 cm³/mol. The van der Waals surface area contributed by atoms with E-state index < -0.39 is 22.0 Å². The van der Waals surface area contributed by atoms with Crippen LogP contribution in [0.15, 0.2) is 47.4 Å². The van der Waals surface area contributed by atoms with Gasteiger partial charge in [-0.15, -0.1) is 0 Å². The van der Waals surface area contributed by atoms with E-state index in [9.17, 15) is 17.6 Å². The summed E-state index contributed by atoms with van der Waals surface area (Å²) >= 11 is 0. The highest BCUT2D eigenvalue weighted by Gasteiger charge is 2.25. The van der Waals surface area contributed by atoms with Crippen LogP contribution in [0.3, 0.4) is 0 Å². The average Bonchev–Trinajstić information content (AvgIpc) is 2.67. The van der Waals surface area contributed by atoms with Gasteiger partial charge in [-0.1, -0.05) is 12.1 Å². The number of amides is 1. The minimum Gasteiger partial charge on any atom is -0.493 e. The summed E-state index contributed by atoms with van der Waals surface area (Å²) in [4.78, 5) is 12.2. The number of benzene rings is 2. The maximum absolute atomic E-state index is 13.0. The number of methoxy groups -OCH3 is 2. The van der Waals surface area contributed by atoms with Crippen molar-refractivity contribution in [1.82, 2.24) is 9.62 Å². The minimum absolute atomic E-state index is 0.0213. The topological polar surface area (TPSA) is 84.9 Å². The summed E-state index contributed by atoms with van der Waals surface area (Å²) in [6, 6.07) is 9.52. The number of sulfonamides is 1. The van der Waals surface area contributed by atoms with Crippen LogP contribution in [0.4, 0.5) is 4.39 Å². The van der Waals surface area contributed by atoms with Gasteiger partial charge < -0.3 is 14.8 Å². The molecule has 1 atom stereocenters. The van der Waals surface area contributed by atoms with Gasteiger partial charge in [-0.3, -0.25) is 4.79 Å². The predicted octanol–water partition coefficient (Wildman–Crippen LogP) is 2.34. The first-order chi connectivity index (χ1) is 13.2. The molecule has 0 saturated heterocycles. The number of carbonyl (C=O) groups is 1. The highest BCUT2D eigenvalue weighted by Crippen LogP contribution is 2.30. The Kier molecular flexibility index (Phi) is 6.98. The van der Waals surface area contributed by atoms with E-state index in [4.69, 9.17) is 9.47 Å². The van der Waals surface area contributed by atoms with Crippen LogP contribution < -0.4 is 14.8 Å². The van der Waals surface area contributed by atoms with E-state index in [2.05, 4.69) is 5.32 Å². The summed E-state index contributed by atoms with van der Waals surface area (Å²) < 4.78 is 49.6. The number of rotatable bonds is 8. The Morgan fingerprint density at radius 1 is 1.11 bits per heavy atom. The number of hydrogen-bond donors (Lipinski definition) is 1. The van der Waals surface area contributed by atoms with Crippen LogP contribution in [0.2, 0.25) is 0 Å². The Bertz CT molecular complexity index is 932. The van der Waals surface area contributed by atoms with Crippen molar-refractivity contribution in [3.8, 4) is 11.5 Å². The molecule has 0 heterocycles. The van der Waals surface area contributed by atoms with E-state index in [0.29, 0.717) is 11.3 Å². The quantitative estimate of drug-likeness (QED) is 0.722. The third-order valence-corrected chi connectivity index (χ3v) is 5.98. The number of hydrogen-bond acceptors (Lipinski definition) is 5. The molecule has 2 aromatic carbocycles. The van der Waals surface area contributed by atoms with Gasteiger partial charge in [0.05, 0.1) is 31.7 Å². The molecule has 0 aromatic heterocycles. The zero-order valence-corrected chi connectivity index (χ0v) is 16.9. The second-order valence-corrected chi connectivity index (χ2v) is 8.16. The van der Waals surface area contributed by atoms with Gasteiger partial charge >= 0.3 is 0 Å². The molecule has 0 unspecified atom stereocenters. The monoisotopic (exact) mass is 410 g/mol. The lowest BCUT2D eigenvalue weighted by Gasteiger charge is -2.20. The number of nitrogens with zero attached hydrogens (tertiary/aromatic N) is 1. The van der Waals surface area contributed by atoms with Crippen molar-refractivity contribution >= 4 is 15.9 Å². The van der Waals surface area contributed by atoms with Crippen molar-refractivity contribution in [3.05, 3.63) is 53.8 Å².